The molecule has 32 heavy (non-hydrogen) atoms. The van der Waals surface area contributed by atoms with Crippen molar-refractivity contribution in [2.75, 3.05) is 7.11 Å². The number of methoxy groups -OCH3 is 1. The number of nitrogens with zero attached hydrogens (tertiary/aromatic N) is 2. The molecule has 2 amide bonds. The number of carbonyl (C=O) groups excluding carboxylic acids is 2. The molecular weight excluding hydrogens is 432 g/mol. The van der Waals surface area contributed by atoms with E-state index in [1.807, 2.05) is 12.1 Å². The standard InChI is InChI=1S/C23H23ClN4O4/c1-23(2,28-21(29)16-12-25-14-26-13-16)22(30)27-11-15-4-6-17(7-5-15)32-20-9-8-18(31-3)10-19(20)24/h4-10,12-14H,11H2,1-3H3,(H,27,30)(H,28,29). The van der Waals surface area contributed by atoms with Crippen LogP contribution in [0.3, 0.4) is 0 Å². The summed E-state index contributed by atoms with van der Waals surface area (Å²) in [6.07, 6.45) is 4.11. The fourth-order valence-electron chi connectivity index (χ4n) is 2.73. The van der Waals surface area contributed by atoms with Gasteiger partial charge in [0.15, 0.2) is 0 Å². The minimum absolute atomic E-state index is 0.279. The number of benzene rings is 2. The third-order valence-electron chi connectivity index (χ3n) is 4.56. The van der Waals surface area contributed by atoms with Gasteiger partial charge in [0.05, 0.1) is 17.7 Å². The highest BCUT2D eigenvalue weighted by molar-refractivity contribution is 6.32. The molecule has 1 aromatic heterocycles. The molecule has 1 heterocycles. The normalized spacial score (nSPS) is 10.9. The van der Waals surface area contributed by atoms with Gasteiger partial charge in [-0.05, 0) is 43.7 Å². The Labute approximate surface area is 190 Å². The molecular formula is C23H23ClN4O4. The van der Waals surface area contributed by atoms with Crippen LogP contribution in [0.5, 0.6) is 17.2 Å². The SMILES string of the molecule is COc1ccc(Oc2ccc(CNC(=O)C(C)(C)NC(=O)c3cncnc3)cc2)c(Cl)c1. The molecule has 0 atom stereocenters. The average molecular weight is 455 g/mol. The van der Waals surface area contributed by atoms with Crippen molar-refractivity contribution >= 4 is 23.4 Å². The van der Waals surface area contributed by atoms with Gasteiger partial charge in [-0.2, -0.15) is 0 Å². The van der Waals surface area contributed by atoms with Crippen molar-refractivity contribution in [3.05, 3.63) is 77.3 Å². The number of carbonyl (C=O) groups is 2. The molecule has 3 rings (SSSR count). The maximum absolute atomic E-state index is 12.6. The van der Waals surface area contributed by atoms with Gasteiger partial charge in [0.25, 0.3) is 5.91 Å². The lowest BCUT2D eigenvalue weighted by Gasteiger charge is -2.25. The third-order valence-corrected chi connectivity index (χ3v) is 4.86. The minimum atomic E-state index is -1.12. The smallest absolute Gasteiger partial charge is 0.255 e. The van der Waals surface area contributed by atoms with Gasteiger partial charge >= 0.3 is 0 Å². The summed E-state index contributed by atoms with van der Waals surface area (Å²) in [4.78, 5) is 32.5. The quantitative estimate of drug-likeness (QED) is 0.537. The molecule has 0 saturated carbocycles. The highest BCUT2D eigenvalue weighted by atomic mass is 35.5. The summed E-state index contributed by atoms with van der Waals surface area (Å²) < 4.78 is 10.9. The second-order valence-corrected chi connectivity index (χ2v) is 7.84. The van der Waals surface area contributed by atoms with Crippen molar-refractivity contribution in [1.29, 1.82) is 0 Å². The molecule has 0 radical (unpaired) electrons. The molecule has 0 fully saturated rings. The monoisotopic (exact) mass is 454 g/mol. The van der Waals surface area contributed by atoms with Crippen LogP contribution in [-0.4, -0.2) is 34.4 Å². The van der Waals surface area contributed by atoms with E-state index in [-0.39, 0.29) is 18.0 Å². The van der Waals surface area contributed by atoms with E-state index in [1.54, 1.807) is 51.3 Å². The molecule has 0 unspecified atom stereocenters. The van der Waals surface area contributed by atoms with Crippen molar-refractivity contribution < 1.29 is 19.1 Å². The predicted octanol–water partition coefficient (Wildman–Crippen LogP) is 3.76. The summed E-state index contributed by atoms with van der Waals surface area (Å²) >= 11 is 6.20. The molecule has 0 aliphatic rings. The number of nitrogens with one attached hydrogen (secondary N) is 2. The number of ether oxygens (including phenoxy) is 2. The molecule has 0 saturated heterocycles. The molecule has 0 spiro atoms. The Kier molecular flexibility index (Phi) is 7.27. The lowest BCUT2D eigenvalue weighted by atomic mass is 10.0. The van der Waals surface area contributed by atoms with E-state index in [0.29, 0.717) is 22.3 Å². The minimum Gasteiger partial charge on any atom is -0.497 e. The van der Waals surface area contributed by atoms with E-state index in [0.717, 1.165) is 5.56 Å². The fraction of sp³-hybridized carbons (Fsp3) is 0.217. The fourth-order valence-corrected chi connectivity index (χ4v) is 2.94. The van der Waals surface area contributed by atoms with Crippen LogP contribution in [0.2, 0.25) is 5.02 Å². The van der Waals surface area contributed by atoms with Gasteiger partial charge in [-0.3, -0.25) is 9.59 Å². The second kappa shape index (κ2) is 10.1. The van der Waals surface area contributed by atoms with Gasteiger partial charge in [-0.25, -0.2) is 9.97 Å². The maximum Gasteiger partial charge on any atom is 0.255 e. The summed E-state index contributed by atoms with van der Waals surface area (Å²) in [5, 5.41) is 5.95. The summed E-state index contributed by atoms with van der Waals surface area (Å²) in [6.45, 7) is 3.54. The molecule has 9 heteroatoms. The lowest BCUT2D eigenvalue weighted by Crippen LogP contribution is -2.54. The predicted molar refractivity (Wildman–Crippen MR) is 120 cm³/mol. The summed E-state index contributed by atoms with van der Waals surface area (Å²) in [7, 11) is 1.57. The Hall–Kier alpha value is -3.65. The zero-order chi connectivity index (χ0) is 23.1. The molecule has 2 N–H and O–H groups in total. The Morgan fingerprint density at radius 3 is 2.31 bits per heavy atom. The topological polar surface area (TPSA) is 102 Å². The van der Waals surface area contributed by atoms with E-state index in [1.165, 1.54) is 18.7 Å². The first kappa shape index (κ1) is 23.0. The highest BCUT2D eigenvalue weighted by Gasteiger charge is 2.29. The first-order valence-corrected chi connectivity index (χ1v) is 10.1. The van der Waals surface area contributed by atoms with E-state index in [9.17, 15) is 9.59 Å². The Bertz CT molecular complexity index is 1090. The van der Waals surface area contributed by atoms with Crippen LogP contribution in [0, 0.1) is 0 Å². The molecule has 166 valence electrons. The van der Waals surface area contributed by atoms with Crippen LogP contribution in [-0.2, 0) is 11.3 Å². The van der Waals surface area contributed by atoms with Gasteiger partial charge in [-0.15, -0.1) is 0 Å². The molecule has 0 bridgehead atoms. The van der Waals surface area contributed by atoms with E-state index in [2.05, 4.69) is 20.6 Å². The number of amides is 2. The van der Waals surface area contributed by atoms with Crippen molar-refractivity contribution in [3.63, 3.8) is 0 Å². The number of aromatic nitrogens is 2. The van der Waals surface area contributed by atoms with Crippen LogP contribution < -0.4 is 20.1 Å². The zero-order valence-electron chi connectivity index (χ0n) is 17.9. The van der Waals surface area contributed by atoms with Crippen molar-refractivity contribution in [2.24, 2.45) is 0 Å². The Morgan fingerprint density at radius 2 is 1.69 bits per heavy atom. The number of hydrogen-bond donors (Lipinski definition) is 2. The first-order valence-electron chi connectivity index (χ1n) is 9.74. The van der Waals surface area contributed by atoms with Gasteiger partial charge in [0, 0.05) is 25.0 Å². The van der Waals surface area contributed by atoms with E-state index >= 15 is 0 Å². The van der Waals surface area contributed by atoms with Gasteiger partial charge < -0.3 is 20.1 Å². The zero-order valence-corrected chi connectivity index (χ0v) is 18.6. The molecule has 8 nitrogen and oxygen atoms in total. The van der Waals surface area contributed by atoms with Crippen LogP contribution in [0.1, 0.15) is 29.8 Å². The molecule has 2 aromatic carbocycles. The van der Waals surface area contributed by atoms with Crippen LogP contribution in [0.15, 0.2) is 61.2 Å². The van der Waals surface area contributed by atoms with Crippen LogP contribution >= 0.6 is 11.6 Å². The summed E-state index contributed by atoms with van der Waals surface area (Å²) in [6, 6.07) is 12.4. The van der Waals surface area contributed by atoms with Crippen molar-refractivity contribution in [2.45, 2.75) is 25.9 Å². The van der Waals surface area contributed by atoms with Gasteiger partial charge in [0.1, 0.15) is 29.1 Å². The van der Waals surface area contributed by atoms with Crippen molar-refractivity contribution in [3.8, 4) is 17.2 Å². The molecule has 0 aliphatic carbocycles. The second-order valence-electron chi connectivity index (χ2n) is 7.43. The van der Waals surface area contributed by atoms with Crippen LogP contribution in [0.4, 0.5) is 0 Å². The van der Waals surface area contributed by atoms with E-state index < -0.39 is 11.4 Å². The number of hydrogen-bond acceptors (Lipinski definition) is 6. The third kappa shape index (κ3) is 5.95. The largest absolute Gasteiger partial charge is 0.497 e. The Balaban J connectivity index is 1.55. The van der Waals surface area contributed by atoms with Gasteiger partial charge in [-0.1, -0.05) is 23.7 Å². The lowest BCUT2D eigenvalue weighted by molar-refractivity contribution is -0.126. The van der Waals surface area contributed by atoms with Gasteiger partial charge in [0.2, 0.25) is 5.91 Å². The highest BCUT2D eigenvalue weighted by Crippen LogP contribution is 2.32. The number of halogens is 1. The summed E-state index contributed by atoms with van der Waals surface area (Å²) in [5.74, 6) is 1.00. The first-order chi connectivity index (χ1) is 15.3. The summed E-state index contributed by atoms with van der Waals surface area (Å²) in [5.41, 5.74) is 0.0206. The number of rotatable bonds is 8. The van der Waals surface area contributed by atoms with E-state index in [4.69, 9.17) is 21.1 Å². The Morgan fingerprint density at radius 1 is 1.03 bits per heavy atom. The molecule has 0 aliphatic heterocycles. The molecule has 3 aromatic rings. The maximum atomic E-state index is 12.6. The van der Waals surface area contributed by atoms with Crippen LogP contribution in [0.25, 0.3) is 0 Å². The average Bonchev–Trinajstić information content (AvgIpc) is 2.80. The van der Waals surface area contributed by atoms with Crippen molar-refractivity contribution in [1.82, 2.24) is 20.6 Å².